The van der Waals surface area contributed by atoms with E-state index >= 15 is 0 Å². The molecule has 3 rings (SSSR count). The topological polar surface area (TPSA) is 76.0 Å². The Labute approximate surface area is 211 Å². The molecule has 4 atom stereocenters. The van der Waals surface area contributed by atoms with Crippen LogP contribution in [0.1, 0.15) is 58.8 Å². The maximum Gasteiger partial charge on any atom is 0.434 e. The second-order valence-electron chi connectivity index (χ2n) is 10.2. The Morgan fingerprint density at radius 1 is 1.24 bits per heavy atom. The van der Waals surface area contributed by atoms with Crippen molar-refractivity contribution in [3.63, 3.8) is 0 Å². The van der Waals surface area contributed by atoms with Crippen molar-refractivity contribution in [2.24, 2.45) is 11.3 Å². The van der Waals surface area contributed by atoms with Crippen molar-refractivity contribution in [2.45, 2.75) is 89.1 Å². The number of aliphatic hydroxyl groups is 2. The molecule has 37 heavy (non-hydrogen) atoms. The van der Waals surface area contributed by atoms with E-state index in [4.69, 9.17) is 4.74 Å². The lowest BCUT2D eigenvalue weighted by Gasteiger charge is -2.41. The van der Waals surface area contributed by atoms with Gasteiger partial charge in [-0.25, -0.2) is 4.79 Å². The molecule has 0 aromatic heterocycles. The summed E-state index contributed by atoms with van der Waals surface area (Å²) in [5, 5.41) is 21.2. The molecule has 5 nitrogen and oxygen atoms in total. The maximum absolute atomic E-state index is 12.6. The molecule has 0 aliphatic heterocycles. The predicted octanol–water partition coefficient (Wildman–Crippen LogP) is 5.84. The zero-order valence-electron chi connectivity index (χ0n) is 20.7. The largest absolute Gasteiger partial charge is 0.441 e. The molecule has 0 unspecified atom stereocenters. The highest BCUT2D eigenvalue weighted by atomic mass is 19.4. The summed E-state index contributed by atoms with van der Waals surface area (Å²) in [6.45, 7) is 6.85. The molecule has 0 bridgehead atoms. The van der Waals surface area contributed by atoms with Gasteiger partial charge >= 0.3 is 18.3 Å². The van der Waals surface area contributed by atoms with Gasteiger partial charge in [-0.2, -0.15) is 26.3 Å². The highest BCUT2D eigenvalue weighted by Gasteiger charge is 2.60. The summed E-state index contributed by atoms with van der Waals surface area (Å²) in [6.07, 6.45) is -7.30. The molecule has 0 spiro atoms. The van der Waals surface area contributed by atoms with Gasteiger partial charge in [-0.3, -0.25) is 0 Å². The van der Waals surface area contributed by atoms with Crippen molar-refractivity contribution >= 4 is 5.97 Å². The van der Waals surface area contributed by atoms with Crippen LogP contribution in [0.4, 0.5) is 26.3 Å². The number of allylic oxidation sites excluding steroid dienone is 5. The Morgan fingerprint density at radius 2 is 1.89 bits per heavy atom. The second kappa shape index (κ2) is 10.6. The predicted molar refractivity (Wildman–Crippen MR) is 122 cm³/mol. The first-order chi connectivity index (χ1) is 17.0. The number of rotatable bonds is 6. The minimum absolute atomic E-state index is 0.0787. The highest BCUT2D eigenvalue weighted by Crippen LogP contribution is 2.55. The van der Waals surface area contributed by atoms with Crippen molar-refractivity contribution in [3.8, 4) is 0 Å². The Bertz CT molecular complexity index is 980. The molecule has 0 heterocycles. The molecule has 2 fully saturated rings. The van der Waals surface area contributed by atoms with Gasteiger partial charge in [0.25, 0.3) is 6.10 Å². The average molecular weight is 539 g/mol. The molecule has 3 aliphatic carbocycles. The third-order valence-electron chi connectivity index (χ3n) is 7.69. The summed E-state index contributed by atoms with van der Waals surface area (Å²) in [7, 11) is 0. The van der Waals surface area contributed by atoms with Gasteiger partial charge in [0.2, 0.25) is 0 Å². The fraction of sp³-hybridized carbons (Fsp3) is 0.654. The normalized spacial score (nSPS) is 33.2. The molecule has 0 amide bonds. The van der Waals surface area contributed by atoms with Gasteiger partial charge in [0.15, 0.2) is 5.79 Å². The van der Waals surface area contributed by atoms with E-state index in [1.54, 1.807) is 6.08 Å². The number of ether oxygens (including phenoxy) is 2. The summed E-state index contributed by atoms with van der Waals surface area (Å²) in [5.41, 5.74) is 3.43. The van der Waals surface area contributed by atoms with E-state index in [0.717, 1.165) is 32.1 Å². The van der Waals surface area contributed by atoms with E-state index in [-0.39, 0.29) is 11.8 Å². The zero-order valence-corrected chi connectivity index (χ0v) is 20.7. The summed E-state index contributed by atoms with van der Waals surface area (Å²) in [4.78, 5) is 11.7. The highest BCUT2D eigenvalue weighted by molar-refractivity contribution is 5.71. The number of halogens is 6. The van der Waals surface area contributed by atoms with Crippen LogP contribution in [0.15, 0.2) is 47.1 Å². The Balaban J connectivity index is 1.71. The van der Waals surface area contributed by atoms with E-state index in [0.29, 0.717) is 17.1 Å². The molecule has 3 aliphatic rings. The number of carbonyl (C=O) groups is 1. The molecular formula is C26H32F6O5. The first-order valence-electron chi connectivity index (χ1n) is 12.2. The monoisotopic (exact) mass is 538 g/mol. The van der Waals surface area contributed by atoms with Crippen molar-refractivity contribution in [1.29, 1.82) is 0 Å². The fourth-order valence-electron chi connectivity index (χ4n) is 5.74. The molecule has 0 aromatic carbocycles. The molecular weight excluding hydrogens is 506 g/mol. The van der Waals surface area contributed by atoms with E-state index in [2.05, 4.69) is 31.2 Å². The second-order valence-corrected chi connectivity index (χ2v) is 10.2. The van der Waals surface area contributed by atoms with Gasteiger partial charge in [-0.15, -0.1) is 0 Å². The van der Waals surface area contributed by atoms with Gasteiger partial charge in [0.05, 0.1) is 6.10 Å². The van der Waals surface area contributed by atoms with E-state index in [1.165, 1.54) is 11.1 Å². The summed E-state index contributed by atoms with van der Waals surface area (Å²) in [6, 6.07) is 0. The standard InChI is InChI=1S/C26H32F6O5/c1-4-18-9-10-19-16(6-5-11-23(18,19)3)7-8-17-12-24(35,13-20(33)15(17)2)36-14-21(34)37-22(25(27,28)29)26(30,31)32/h7-9,19-20,22,33,35H,2,4-6,10-14H2,1,3H3/t19-,20-,23+,24-/m0/s1. The number of carbonyl (C=O) groups excluding carboxylic acids is 1. The van der Waals surface area contributed by atoms with Gasteiger partial charge in [-0.1, -0.05) is 49.8 Å². The smallest absolute Gasteiger partial charge is 0.434 e. The lowest BCUT2D eigenvalue weighted by atomic mass is 9.64. The van der Waals surface area contributed by atoms with Crippen LogP contribution in [0, 0.1) is 11.3 Å². The summed E-state index contributed by atoms with van der Waals surface area (Å²) < 4.78 is 84.3. The van der Waals surface area contributed by atoms with Crippen molar-refractivity contribution < 1.29 is 50.8 Å². The molecule has 0 radical (unpaired) electrons. The zero-order chi connectivity index (χ0) is 27.8. The number of aliphatic hydroxyl groups excluding tert-OH is 1. The molecule has 0 saturated heterocycles. The number of alkyl halides is 6. The third kappa shape index (κ3) is 6.49. The first-order valence-corrected chi connectivity index (χ1v) is 12.2. The number of hydrogen-bond donors (Lipinski definition) is 2. The Kier molecular flexibility index (Phi) is 8.41. The maximum atomic E-state index is 12.6. The molecule has 2 N–H and O–H groups in total. The molecule has 208 valence electrons. The number of hydrogen-bond acceptors (Lipinski definition) is 5. The Morgan fingerprint density at radius 3 is 2.49 bits per heavy atom. The van der Waals surface area contributed by atoms with Crippen LogP contribution < -0.4 is 0 Å². The van der Waals surface area contributed by atoms with Crippen LogP contribution in [0.5, 0.6) is 0 Å². The lowest BCUT2D eigenvalue weighted by molar-refractivity contribution is -0.315. The minimum atomic E-state index is -5.87. The van der Waals surface area contributed by atoms with Crippen molar-refractivity contribution in [3.05, 3.63) is 47.1 Å². The third-order valence-corrected chi connectivity index (χ3v) is 7.69. The average Bonchev–Trinajstić information content (AvgIpc) is 3.12. The van der Waals surface area contributed by atoms with Crippen molar-refractivity contribution in [2.75, 3.05) is 6.61 Å². The van der Waals surface area contributed by atoms with E-state index in [1.807, 2.05) is 6.08 Å². The summed E-state index contributed by atoms with van der Waals surface area (Å²) in [5.74, 6) is -3.85. The summed E-state index contributed by atoms with van der Waals surface area (Å²) >= 11 is 0. The van der Waals surface area contributed by atoms with Crippen LogP contribution in [-0.2, 0) is 14.3 Å². The van der Waals surface area contributed by atoms with Gasteiger partial charge in [0.1, 0.15) is 6.61 Å². The van der Waals surface area contributed by atoms with E-state index < -0.39 is 49.3 Å². The van der Waals surface area contributed by atoms with Crippen LogP contribution in [0.2, 0.25) is 0 Å². The molecule has 11 heteroatoms. The van der Waals surface area contributed by atoms with Gasteiger partial charge < -0.3 is 19.7 Å². The van der Waals surface area contributed by atoms with E-state index in [9.17, 15) is 41.4 Å². The SMILES string of the molecule is C=C1C(=CC=C2CCC[C@]3(C)C(CC)=CC[C@@H]23)C[C@](O)(OCC(=O)OC(C(F)(F)F)C(F)(F)F)C[C@@H]1O. The van der Waals surface area contributed by atoms with Crippen LogP contribution >= 0.6 is 0 Å². The van der Waals surface area contributed by atoms with Gasteiger partial charge in [0, 0.05) is 12.8 Å². The van der Waals surface area contributed by atoms with Crippen LogP contribution in [0.25, 0.3) is 0 Å². The van der Waals surface area contributed by atoms with Crippen LogP contribution in [0.3, 0.4) is 0 Å². The van der Waals surface area contributed by atoms with Crippen molar-refractivity contribution in [1.82, 2.24) is 0 Å². The number of fused-ring (bicyclic) bond motifs is 1. The number of esters is 1. The minimum Gasteiger partial charge on any atom is -0.441 e. The quantitative estimate of drug-likeness (QED) is 0.192. The van der Waals surface area contributed by atoms with Gasteiger partial charge in [-0.05, 0) is 54.6 Å². The molecule has 0 aromatic rings. The molecule has 2 saturated carbocycles. The van der Waals surface area contributed by atoms with Crippen LogP contribution in [-0.4, -0.2) is 53.1 Å². The first kappa shape index (κ1) is 29.4. The fourth-order valence-corrected chi connectivity index (χ4v) is 5.74. The Hall–Kier alpha value is -2.11. The lowest BCUT2D eigenvalue weighted by Crippen LogP contribution is -2.47.